The van der Waals surface area contributed by atoms with Crippen LogP contribution in [0, 0.1) is 12.7 Å². The van der Waals surface area contributed by atoms with Crippen molar-refractivity contribution in [1.82, 2.24) is 0 Å². The molecule has 0 radical (unpaired) electrons. The van der Waals surface area contributed by atoms with E-state index in [4.69, 9.17) is 5.11 Å². The van der Waals surface area contributed by atoms with Gasteiger partial charge >= 0.3 is 5.97 Å². The summed E-state index contributed by atoms with van der Waals surface area (Å²) in [7, 11) is 0. The fraction of sp³-hybridized carbons (Fsp3) is 0.188. The molecule has 0 aliphatic carbocycles. The number of hydrogen-bond donors (Lipinski definition) is 2. The molecule has 0 amide bonds. The normalized spacial score (nSPS) is 11.9. The number of benzene rings is 2. The van der Waals surface area contributed by atoms with E-state index in [2.05, 4.69) is 5.32 Å². The van der Waals surface area contributed by atoms with E-state index in [0.717, 1.165) is 11.3 Å². The third-order valence-corrected chi connectivity index (χ3v) is 3.21. The molecule has 0 heterocycles. The van der Waals surface area contributed by atoms with E-state index in [9.17, 15) is 9.18 Å². The lowest BCUT2D eigenvalue weighted by atomic mass is 10.1. The standard InChI is InChI=1S/C16H16FNO2/c1-10-3-4-13(9-15(10)17)11(2)18-14-7-5-12(6-8-14)16(19)20/h3-9,11,18H,1-2H3,(H,19,20). The Morgan fingerprint density at radius 3 is 2.40 bits per heavy atom. The van der Waals surface area contributed by atoms with Crippen LogP contribution in [0.15, 0.2) is 42.5 Å². The predicted octanol–water partition coefficient (Wildman–Crippen LogP) is 4.01. The van der Waals surface area contributed by atoms with Crippen molar-refractivity contribution in [2.24, 2.45) is 0 Å². The summed E-state index contributed by atoms with van der Waals surface area (Å²) in [6.45, 7) is 3.65. The molecule has 1 unspecified atom stereocenters. The first kappa shape index (κ1) is 14.1. The summed E-state index contributed by atoms with van der Waals surface area (Å²) >= 11 is 0. The number of carbonyl (C=O) groups is 1. The monoisotopic (exact) mass is 273 g/mol. The average molecular weight is 273 g/mol. The molecule has 0 aliphatic heterocycles. The van der Waals surface area contributed by atoms with Crippen LogP contribution < -0.4 is 5.32 Å². The second kappa shape index (κ2) is 5.74. The number of aromatic carboxylic acids is 1. The zero-order chi connectivity index (χ0) is 14.7. The van der Waals surface area contributed by atoms with Crippen LogP contribution in [0.4, 0.5) is 10.1 Å². The topological polar surface area (TPSA) is 49.3 Å². The summed E-state index contributed by atoms with van der Waals surface area (Å²) in [6.07, 6.45) is 0. The van der Waals surface area contributed by atoms with Gasteiger partial charge in [-0.05, 0) is 55.3 Å². The second-order valence-electron chi connectivity index (χ2n) is 4.76. The van der Waals surface area contributed by atoms with E-state index in [1.54, 1.807) is 25.1 Å². The van der Waals surface area contributed by atoms with Gasteiger partial charge in [0.05, 0.1) is 5.56 Å². The summed E-state index contributed by atoms with van der Waals surface area (Å²) in [5.41, 5.74) is 2.50. The maximum absolute atomic E-state index is 13.5. The third kappa shape index (κ3) is 3.15. The Morgan fingerprint density at radius 2 is 1.85 bits per heavy atom. The molecule has 0 saturated carbocycles. The number of anilines is 1. The maximum atomic E-state index is 13.5. The highest BCUT2D eigenvalue weighted by molar-refractivity contribution is 5.88. The fourth-order valence-corrected chi connectivity index (χ4v) is 1.92. The highest BCUT2D eigenvalue weighted by Gasteiger charge is 2.08. The Hall–Kier alpha value is -2.36. The van der Waals surface area contributed by atoms with Crippen LogP contribution in [0.25, 0.3) is 0 Å². The Morgan fingerprint density at radius 1 is 1.20 bits per heavy atom. The van der Waals surface area contributed by atoms with Gasteiger partial charge in [-0.15, -0.1) is 0 Å². The zero-order valence-corrected chi connectivity index (χ0v) is 11.4. The van der Waals surface area contributed by atoms with Crippen molar-refractivity contribution in [3.05, 3.63) is 65.0 Å². The minimum Gasteiger partial charge on any atom is -0.478 e. The lowest BCUT2D eigenvalue weighted by molar-refractivity contribution is 0.0697. The molecule has 2 N–H and O–H groups in total. The van der Waals surface area contributed by atoms with Gasteiger partial charge in [-0.1, -0.05) is 12.1 Å². The van der Waals surface area contributed by atoms with Gasteiger partial charge < -0.3 is 10.4 Å². The van der Waals surface area contributed by atoms with Crippen molar-refractivity contribution < 1.29 is 14.3 Å². The SMILES string of the molecule is Cc1ccc(C(C)Nc2ccc(C(=O)O)cc2)cc1F. The second-order valence-corrected chi connectivity index (χ2v) is 4.76. The summed E-state index contributed by atoms with van der Waals surface area (Å²) in [5, 5.41) is 12.0. The molecular weight excluding hydrogens is 257 g/mol. The van der Waals surface area contributed by atoms with Gasteiger partial charge in [0.2, 0.25) is 0 Å². The largest absolute Gasteiger partial charge is 0.478 e. The van der Waals surface area contributed by atoms with Crippen LogP contribution in [-0.4, -0.2) is 11.1 Å². The lowest BCUT2D eigenvalue weighted by Gasteiger charge is -2.16. The van der Waals surface area contributed by atoms with E-state index in [1.165, 1.54) is 18.2 Å². The molecule has 104 valence electrons. The number of aryl methyl sites for hydroxylation is 1. The molecular formula is C16H16FNO2. The predicted molar refractivity (Wildman–Crippen MR) is 76.6 cm³/mol. The third-order valence-electron chi connectivity index (χ3n) is 3.21. The van der Waals surface area contributed by atoms with Crippen molar-refractivity contribution in [3.63, 3.8) is 0 Å². The van der Waals surface area contributed by atoms with Crippen molar-refractivity contribution in [3.8, 4) is 0 Å². The van der Waals surface area contributed by atoms with Gasteiger partial charge in [0.1, 0.15) is 5.82 Å². The number of rotatable bonds is 4. The van der Waals surface area contributed by atoms with Gasteiger partial charge in [0.25, 0.3) is 0 Å². The molecule has 0 saturated heterocycles. The van der Waals surface area contributed by atoms with E-state index in [0.29, 0.717) is 5.56 Å². The summed E-state index contributed by atoms with van der Waals surface area (Å²) in [4.78, 5) is 10.8. The van der Waals surface area contributed by atoms with Crippen molar-refractivity contribution in [2.75, 3.05) is 5.32 Å². The molecule has 0 aliphatic rings. The fourth-order valence-electron chi connectivity index (χ4n) is 1.92. The molecule has 0 fully saturated rings. The molecule has 0 bridgehead atoms. The average Bonchev–Trinajstić information content (AvgIpc) is 2.42. The first-order chi connectivity index (χ1) is 9.47. The van der Waals surface area contributed by atoms with Gasteiger partial charge in [-0.25, -0.2) is 9.18 Å². The Balaban J connectivity index is 2.12. The number of halogens is 1. The number of carboxylic acids is 1. The first-order valence-electron chi connectivity index (χ1n) is 6.33. The molecule has 2 rings (SSSR count). The molecule has 1 atom stereocenters. The van der Waals surface area contributed by atoms with E-state index in [-0.39, 0.29) is 17.4 Å². The zero-order valence-electron chi connectivity index (χ0n) is 11.4. The highest BCUT2D eigenvalue weighted by Crippen LogP contribution is 2.21. The molecule has 2 aromatic carbocycles. The molecule has 0 spiro atoms. The number of hydrogen-bond acceptors (Lipinski definition) is 2. The van der Waals surface area contributed by atoms with Crippen LogP contribution in [0.3, 0.4) is 0 Å². The van der Waals surface area contributed by atoms with E-state index < -0.39 is 5.97 Å². The van der Waals surface area contributed by atoms with Crippen molar-refractivity contribution in [1.29, 1.82) is 0 Å². The minimum absolute atomic E-state index is 0.0687. The molecule has 20 heavy (non-hydrogen) atoms. The summed E-state index contributed by atoms with van der Waals surface area (Å²) in [5.74, 6) is -1.18. The molecule has 4 heteroatoms. The van der Waals surface area contributed by atoms with E-state index >= 15 is 0 Å². The van der Waals surface area contributed by atoms with Crippen LogP contribution in [0.1, 0.15) is 34.5 Å². The maximum Gasteiger partial charge on any atom is 0.335 e. The Labute approximate surface area is 117 Å². The van der Waals surface area contributed by atoms with Crippen LogP contribution >= 0.6 is 0 Å². The quantitative estimate of drug-likeness (QED) is 0.885. The van der Waals surface area contributed by atoms with Crippen molar-refractivity contribution >= 4 is 11.7 Å². The lowest BCUT2D eigenvalue weighted by Crippen LogP contribution is -2.07. The Kier molecular flexibility index (Phi) is 4.03. The van der Waals surface area contributed by atoms with Gasteiger partial charge in [-0.3, -0.25) is 0 Å². The number of carboxylic acid groups (broad SMARTS) is 1. The minimum atomic E-state index is -0.954. The van der Waals surface area contributed by atoms with Crippen LogP contribution in [0.5, 0.6) is 0 Å². The van der Waals surface area contributed by atoms with E-state index in [1.807, 2.05) is 13.0 Å². The highest BCUT2D eigenvalue weighted by atomic mass is 19.1. The molecule has 2 aromatic rings. The Bertz CT molecular complexity index is 623. The summed E-state index contributed by atoms with van der Waals surface area (Å²) < 4.78 is 13.5. The molecule has 0 aromatic heterocycles. The van der Waals surface area contributed by atoms with Crippen LogP contribution in [-0.2, 0) is 0 Å². The number of nitrogens with one attached hydrogen (secondary N) is 1. The van der Waals surface area contributed by atoms with Crippen molar-refractivity contribution in [2.45, 2.75) is 19.9 Å². The first-order valence-corrected chi connectivity index (χ1v) is 6.33. The van der Waals surface area contributed by atoms with Gasteiger partial charge in [0, 0.05) is 11.7 Å². The molecule has 3 nitrogen and oxygen atoms in total. The van der Waals surface area contributed by atoms with Gasteiger partial charge in [0.15, 0.2) is 0 Å². The van der Waals surface area contributed by atoms with Gasteiger partial charge in [-0.2, -0.15) is 0 Å². The summed E-state index contributed by atoms with van der Waals surface area (Å²) in [6, 6.07) is 11.5. The smallest absolute Gasteiger partial charge is 0.335 e. The van der Waals surface area contributed by atoms with Crippen LogP contribution in [0.2, 0.25) is 0 Å².